The highest BCUT2D eigenvalue weighted by atomic mass is 79.9. The van der Waals surface area contributed by atoms with Gasteiger partial charge in [0, 0.05) is 0 Å². The van der Waals surface area contributed by atoms with E-state index in [1.165, 1.54) is 10.1 Å². The molecule has 0 fully saturated rings. The molecule has 1 aliphatic rings. The molecule has 1 aliphatic carbocycles. The zero-order valence-electron chi connectivity index (χ0n) is 5.90. The Morgan fingerprint density at radius 3 is 2.90 bits per heavy atom. The minimum atomic E-state index is 0.212. The van der Waals surface area contributed by atoms with E-state index in [4.69, 9.17) is 11.6 Å². The fourth-order valence-electron chi connectivity index (χ4n) is 1.01. The Balaban J connectivity index is 2.71. The molecule has 1 unspecified atom stereocenters. The van der Waals surface area contributed by atoms with Crippen molar-refractivity contribution >= 4 is 27.5 Å². The van der Waals surface area contributed by atoms with Gasteiger partial charge >= 0.3 is 0 Å². The molecule has 1 atom stereocenters. The lowest BCUT2D eigenvalue weighted by atomic mass is 10.0. The first-order valence-corrected chi connectivity index (χ1v) is 4.66. The summed E-state index contributed by atoms with van der Waals surface area (Å²) in [6, 6.07) is 0. The van der Waals surface area contributed by atoms with Crippen molar-refractivity contribution in [2.24, 2.45) is 0 Å². The van der Waals surface area contributed by atoms with Crippen molar-refractivity contribution in [1.29, 1.82) is 0 Å². The standard InChI is InChI=1S/C8H10BrCl/c1-2-6-3-4-7(9)5-8(6)10/h3-4,8H,2,5H2,1H3. The normalized spacial score (nSPS) is 25.7. The van der Waals surface area contributed by atoms with Crippen molar-refractivity contribution in [2.75, 3.05) is 0 Å². The first-order valence-electron chi connectivity index (χ1n) is 3.43. The van der Waals surface area contributed by atoms with Crippen molar-refractivity contribution in [3.63, 3.8) is 0 Å². The van der Waals surface area contributed by atoms with Crippen LogP contribution in [0.2, 0.25) is 0 Å². The van der Waals surface area contributed by atoms with E-state index in [2.05, 4.69) is 35.0 Å². The average molecular weight is 222 g/mol. The fraction of sp³-hybridized carbons (Fsp3) is 0.500. The third kappa shape index (κ3) is 1.86. The van der Waals surface area contributed by atoms with Crippen LogP contribution in [0.1, 0.15) is 19.8 Å². The van der Waals surface area contributed by atoms with Gasteiger partial charge in [0.2, 0.25) is 0 Å². The summed E-state index contributed by atoms with van der Waals surface area (Å²) >= 11 is 9.46. The van der Waals surface area contributed by atoms with Gasteiger partial charge in [0.05, 0.1) is 5.38 Å². The van der Waals surface area contributed by atoms with E-state index in [1.807, 2.05) is 0 Å². The number of halogens is 2. The molecule has 0 aromatic carbocycles. The molecule has 0 aliphatic heterocycles. The van der Waals surface area contributed by atoms with Crippen LogP contribution in [-0.2, 0) is 0 Å². The second kappa shape index (κ2) is 3.59. The maximum Gasteiger partial charge on any atom is 0.0593 e. The summed E-state index contributed by atoms with van der Waals surface area (Å²) in [5.41, 5.74) is 1.34. The molecule has 2 heteroatoms. The third-order valence-corrected chi connectivity index (χ3v) is 2.69. The molecule has 0 aromatic heterocycles. The van der Waals surface area contributed by atoms with E-state index in [-0.39, 0.29) is 5.38 Å². The van der Waals surface area contributed by atoms with E-state index in [0.29, 0.717) is 0 Å². The Bertz CT molecular complexity index is 182. The zero-order chi connectivity index (χ0) is 7.56. The Hall–Kier alpha value is 0.250. The molecule has 10 heavy (non-hydrogen) atoms. The summed E-state index contributed by atoms with van der Waals surface area (Å²) in [5, 5.41) is 0.212. The van der Waals surface area contributed by atoms with Crippen LogP contribution in [0.3, 0.4) is 0 Å². The molecule has 0 heterocycles. The zero-order valence-corrected chi connectivity index (χ0v) is 8.24. The van der Waals surface area contributed by atoms with E-state index in [1.54, 1.807) is 0 Å². The molecular formula is C8H10BrCl. The summed E-state index contributed by atoms with van der Waals surface area (Å²) in [4.78, 5) is 0. The minimum absolute atomic E-state index is 0.212. The van der Waals surface area contributed by atoms with Crippen molar-refractivity contribution < 1.29 is 0 Å². The molecule has 0 spiro atoms. The molecule has 0 radical (unpaired) electrons. The molecule has 0 nitrogen and oxygen atoms in total. The SMILES string of the molecule is CCC1=CC=C(Br)CC1Cl. The Morgan fingerprint density at radius 1 is 1.70 bits per heavy atom. The van der Waals surface area contributed by atoms with Crippen molar-refractivity contribution in [1.82, 2.24) is 0 Å². The smallest absolute Gasteiger partial charge is 0.0593 e. The lowest BCUT2D eigenvalue weighted by molar-refractivity contribution is 0.897. The van der Waals surface area contributed by atoms with Gasteiger partial charge in [-0.15, -0.1) is 11.6 Å². The van der Waals surface area contributed by atoms with Crippen molar-refractivity contribution in [2.45, 2.75) is 25.1 Å². The maximum absolute atomic E-state index is 6.04. The number of alkyl halides is 1. The summed E-state index contributed by atoms with van der Waals surface area (Å²) in [6.45, 7) is 2.13. The Kier molecular flexibility index (Phi) is 2.99. The minimum Gasteiger partial charge on any atom is -0.118 e. The van der Waals surface area contributed by atoms with Crippen LogP contribution in [0.4, 0.5) is 0 Å². The highest BCUT2D eigenvalue weighted by molar-refractivity contribution is 9.11. The number of hydrogen-bond donors (Lipinski definition) is 0. The van der Waals surface area contributed by atoms with Crippen LogP contribution in [0.5, 0.6) is 0 Å². The molecule has 1 rings (SSSR count). The van der Waals surface area contributed by atoms with Gasteiger partial charge < -0.3 is 0 Å². The molecule has 0 bridgehead atoms. The summed E-state index contributed by atoms with van der Waals surface area (Å²) in [7, 11) is 0. The first-order chi connectivity index (χ1) is 4.74. The number of allylic oxidation sites excluding steroid dienone is 4. The second-order valence-corrected chi connectivity index (χ2v) is 3.93. The Morgan fingerprint density at radius 2 is 2.40 bits per heavy atom. The van der Waals surface area contributed by atoms with Gasteiger partial charge in [-0.2, -0.15) is 0 Å². The van der Waals surface area contributed by atoms with Gasteiger partial charge in [-0.1, -0.05) is 40.6 Å². The predicted molar refractivity (Wildman–Crippen MR) is 49.6 cm³/mol. The van der Waals surface area contributed by atoms with Crippen LogP contribution >= 0.6 is 27.5 Å². The number of hydrogen-bond acceptors (Lipinski definition) is 0. The van der Waals surface area contributed by atoms with Crippen LogP contribution in [0, 0.1) is 0 Å². The molecular weight excluding hydrogens is 211 g/mol. The summed E-state index contributed by atoms with van der Waals surface area (Å²) in [6.07, 6.45) is 6.19. The molecule has 0 amide bonds. The van der Waals surface area contributed by atoms with E-state index in [9.17, 15) is 0 Å². The highest BCUT2D eigenvalue weighted by Gasteiger charge is 2.13. The van der Waals surface area contributed by atoms with Crippen molar-refractivity contribution in [3.05, 3.63) is 22.2 Å². The van der Waals surface area contributed by atoms with Crippen LogP contribution < -0.4 is 0 Å². The highest BCUT2D eigenvalue weighted by Crippen LogP contribution is 2.28. The van der Waals surface area contributed by atoms with Gasteiger partial charge in [0.15, 0.2) is 0 Å². The van der Waals surface area contributed by atoms with Gasteiger partial charge in [-0.05, 0) is 17.3 Å². The topological polar surface area (TPSA) is 0 Å². The molecule has 0 N–H and O–H groups in total. The molecule has 56 valence electrons. The van der Waals surface area contributed by atoms with E-state index >= 15 is 0 Å². The van der Waals surface area contributed by atoms with Crippen LogP contribution in [0.15, 0.2) is 22.2 Å². The van der Waals surface area contributed by atoms with Crippen molar-refractivity contribution in [3.8, 4) is 0 Å². The lowest BCUT2D eigenvalue weighted by Crippen LogP contribution is -2.05. The van der Waals surface area contributed by atoms with Gasteiger partial charge in [0.25, 0.3) is 0 Å². The predicted octanol–water partition coefficient (Wildman–Crippen LogP) is 3.61. The summed E-state index contributed by atoms with van der Waals surface area (Å²) in [5.74, 6) is 0. The number of rotatable bonds is 1. The van der Waals surface area contributed by atoms with E-state index < -0.39 is 0 Å². The van der Waals surface area contributed by atoms with Crippen LogP contribution in [-0.4, -0.2) is 5.38 Å². The van der Waals surface area contributed by atoms with Crippen LogP contribution in [0.25, 0.3) is 0 Å². The monoisotopic (exact) mass is 220 g/mol. The lowest BCUT2D eigenvalue weighted by Gasteiger charge is -2.15. The largest absolute Gasteiger partial charge is 0.118 e. The van der Waals surface area contributed by atoms with Gasteiger partial charge in [-0.25, -0.2) is 0 Å². The summed E-state index contributed by atoms with van der Waals surface area (Å²) < 4.78 is 1.20. The Labute approximate surface area is 75.1 Å². The fourth-order valence-corrected chi connectivity index (χ4v) is 2.05. The molecule has 0 aromatic rings. The average Bonchev–Trinajstić information content (AvgIpc) is 1.88. The van der Waals surface area contributed by atoms with Gasteiger partial charge in [0.1, 0.15) is 0 Å². The van der Waals surface area contributed by atoms with Gasteiger partial charge in [-0.3, -0.25) is 0 Å². The van der Waals surface area contributed by atoms with E-state index in [0.717, 1.165) is 12.8 Å². The molecule has 0 saturated carbocycles. The maximum atomic E-state index is 6.04. The third-order valence-electron chi connectivity index (χ3n) is 1.66. The quantitative estimate of drug-likeness (QED) is 0.594. The second-order valence-electron chi connectivity index (χ2n) is 2.38. The molecule has 0 saturated heterocycles. The first kappa shape index (κ1) is 8.35.